The predicted octanol–water partition coefficient (Wildman–Crippen LogP) is 1.74. The number of halogens is 1. The number of rotatable bonds is 5. The van der Waals surface area contributed by atoms with Crippen molar-refractivity contribution in [2.45, 2.75) is 26.3 Å². The number of nitrogens with one attached hydrogen (secondary N) is 2. The van der Waals surface area contributed by atoms with Gasteiger partial charge < -0.3 is 20.5 Å². The summed E-state index contributed by atoms with van der Waals surface area (Å²) in [5.41, 5.74) is 0.577. The van der Waals surface area contributed by atoms with Crippen LogP contribution in [0.1, 0.15) is 20.3 Å². The Morgan fingerprint density at radius 3 is 2.63 bits per heavy atom. The SMILES string of the molecule is CC[C@@H](C)[C@H](NC(=O)Nc1cccc(Br)c1)C(=O)[O-]. The highest BCUT2D eigenvalue weighted by molar-refractivity contribution is 9.10. The summed E-state index contributed by atoms with van der Waals surface area (Å²) in [7, 11) is 0. The Kier molecular flexibility index (Phi) is 5.82. The second kappa shape index (κ2) is 7.13. The van der Waals surface area contributed by atoms with E-state index in [1.54, 1.807) is 25.1 Å². The van der Waals surface area contributed by atoms with Crippen LogP contribution >= 0.6 is 15.9 Å². The Hall–Kier alpha value is -1.56. The van der Waals surface area contributed by atoms with E-state index in [1.807, 2.05) is 13.0 Å². The highest BCUT2D eigenvalue weighted by Gasteiger charge is 2.19. The van der Waals surface area contributed by atoms with Gasteiger partial charge in [0.05, 0.1) is 12.0 Å². The first-order valence-electron chi connectivity index (χ1n) is 5.98. The molecule has 0 spiro atoms. The number of benzene rings is 1. The summed E-state index contributed by atoms with van der Waals surface area (Å²) in [6.07, 6.45) is 0.635. The molecule has 1 aromatic rings. The Labute approximate surface area is 120 Å². The van der Waals surface area contributed by atoms with Crippen LogP contribution in [0.2, 0.25) is 0 Å². The number of aliphatic carboxylic acids is 1. The van der Waals surface area contributed by atoms with Crippen molar-refractivity contribution in [3.63, 3.8) is 0 Å². The van der Waals surface area contributed by atoms with E-state index >= 15 is 0 Å². The quantitative estimate of drug-likeness (QED) is 0.864. The van der Waals surface area contributed by atoms with Crippen LogP contribution in [-0.4, -0.2) is 18.0 Å². The average molecular weight is 328 g/mol. The summed E-state index contributed by atoms with van der Waals surface area (Å²) >= 11 is 3.28. The highest BCUT2D eigenvalue weighted by atomic mass is 79.9. The molecule has 0 saturated heterocycles. The Morgan fingerprint density at radius 1 is 1.42 bits per heavy atom. The van der Waals surface area contributed by atoms with Crippen LogP contribution in [-0.2, 0) is 4.79 Å². The van der Waals surface area contributed by atoms with Gasteiger partial charge in [0.2, 0.25) is 0 Å². The molecule has 2 amide bonds. The molecular formula is C13H16BrN2O3-. The molecule has 5 nitrogen and oxygen atoms in total. The molecule has 0 aliphatic rings. The van der Waals surface area contributed by atoms with Crippen LogP contribution in [0.3, 0.4) is 0 Å². The van der Waals surface area contributed by atoms with E-state index in [0.717, 1.165) is 4.47 Å². The molecule has 1 rings (SSSR count). The molecule has 6 heteroatoms. The van der Waals surface area contributed by atoms with Crippen LogP contribution in [0.5, 0.6) is 0 Å². The van der Waals surface area contributed by atoms with Gasteiger partial charge in [-0.1, -0.05) is 42.3 Å². The normalized spacial score (nSPS) is 13.4. The number of amides is 2. The molecule has 0 aliphatic carbocycles. The summed E-state index contributed by atoms with van der Waals surface area (Å²) < 4.78 is 0.823. The minimum atomic E-state index is -1.28. The van der Waals surface area contributed by atoms with Crippen molar-refractivity contribution >= 4 is 33.6 Å². The van der Waals surface area contributed by atoms with Crippen molar-refractivity contribution in [3.05, 3.63) is 28.7 Å². The lowest BCUT2D eigenvalue weighted by atomic mass is 9.99. The lowest BCUT2D eigenvalue weighted by Gasteiger charge is -2.25. The van der Waals surface area contributed by atoms with Gasteiger partial charge in [-0.3, -0.25) is 0 Å². The molecule has 0 heterocycles. The van der Waals surface area contributed by atoms with Crippen molar-refractivity contribution < 1.29 is 14.7 Å². The summed E-state index contributed by atoms with van der Waals surface area (Å²) in [4.78, 5) is 22.7. The van der Waals surface area contributed by atoms with Crippen LogP contribution in [0.25, 0.3) is 0 Å². The number of carbonyl (C=O) groups is 2. The summed E-state index contributed by atoms with van der Waals surface area (Å²) in [5, 5.41) is 16.0. The second-order valence-electron chi connectivity index (χ2n) is 4.29. The van der Waals surface area contributed by atoms with Crippen LogP contribution < -0.4 is 15.7 Å². The van der Waals surface area contributed by atoms with E-state index in [9.17, 15) is 14.7 Å². The van der Waals surface area contributed by atoms with Gasteiger partial charge in [0, 0.05) is 10.2 Å². The Morgan fingerprint density at radius 2 is 2.11 bits per heavy atom. The third-order valence-corrected chi connectivity index (χ3v) is 3.33. The van der Waals surface area contributed by atoms with Crippen molar-refractivity contribution in [2.75, 3.05) is 5.32 Å². The lowest BCUT2D eigenvalue weighted by molar-refractivity contribution is -0.309. The predicted molar refractivity (Wildman–Crippen MR) is 74.5 cm³/mol. The van der Waals surface area contributed by atoms with E-state index < -0.39 is 18.0 Å². The molecule has 104 valence electrons. The number of carboxylic acids is 1. The number of carboxylic acid groups (broad SMARTS) is 1. The van der Waals surface area contributed by atoms with E-state index in [0.29, 0.717) is 12.1 Å². The van der Waals surface area contributed by atoms with Gasteiger partial charge in [0.1, 0.15) is 0 Å². The van der Waals surface area contributed by atoms with Gasteiger partial charge >= 0.3 is 6.03 Å². The third-order valence-electron chi connectivity index (χ3n) is 2.84. The maximum absolute atomic E-state index is 11.7. The van der Waals surface area contributed by atoms with Gasteiger partial charge in [0.25, 0.3) is 0 Å². The van der Waals surface area contributed by atoms with E-state index in [2.05, 4.69) is 26.6 Å². The topological polar surface area (TPSA) is 81.3 Å². The van der Waals surface area contributed by atoms with Crippen LogP contribution in [0.15, 0.2) is 28.7 Å². The minimum Gasteiger partial charge on any atom is -0.548 e. The molecule has 1 aromatic carbocycles. The first-order chi connectivity index (χ1) is 8.93. The first kappa shape index (κ1) is 15.5. The third kappa shape index (κ3) is 4.90. The number of urea groups is 1. The number of anilines is 1. The van der Waals surface area contributed by atoms with Gasteiger partial charge in [-0.2, -0.15) is 0 Å². The minimum absolute atomic E-state index is 0.196. The van der Waals surface area contributed by atoms with E-state index in [4.69, 9.17) is 0 Å². The zero-order valence-electron chi connectivity index (χ0n) is 10.8. The molecule has 2 atom stereocenters. The van der Waals surface area contributed by atoms with Crippen molar-refractivity contribution in [3.8, 4) is 0 Å². The molecule has 2 N–H and O–H groups in total. The number of hydrogen-bond acceptors (Lipinski definition) is 3. The van der Waals surface area contributed by atoms with Gasteiger partial charge in [-0.15, -0.1) is 0 Å². The maximum Gasteiger partial charge on any atom is 0.319 e. The molecule has 19 heavy (non-hydrogen) atoms. The smallest absolute Gasteiger partial charge is 0.319 e. The molecule has 0 saturated carbocycles. The second-order valence-corrected chi connectivity index (χ2v) is 5.21. The summed E-state index contributed by atoms with van der Waals surface area (Å²) in [6.45, 7) is 3.61. The van der Waals surface area contributed by atoms with Crippen molar-refractivity contribution in [2.24, 2.45) is 5.92 Å². The Bertz CT molecular complexity index is 465. The fourth-order valence-electron chi connectivity index (χ4n) is 1.54. The number of carbonyl (C=O) groups excluding carboxylic acids is 2. The average Bonchev–Trinajstić information content (AvgIpc) is 2.34. The largest absolute Gasteiger partial charge is 0.548 e. The van der Waals surface area contributed by atoms with Gasteiger partial charge in [-0.05, 0) is 24.1 Å². The zero-order chi connectivity index (χ0) is 14.4. The first-order valence-corrected chi connectivity index (χ1v) is 6.77. The lowest BCUT2D eigenvalue weighted by Crippen LogP contribution is -2.52. The van der Waals surface area contributed by atoms with Gasteiger partial charge in [0.15, 0.2) is 0 Å². The number of hydrogen-bond donors (Lipinski definition) is 2. The van der Waals surface area contributed by atoms with Crippen molar-refractivity contribution in [1.29, 1.82) is 0 Å². The fourth-order valence-corrected chi connectivity index (χ4v) is 1.94. The Balaban J connectivity index is 2.65. The van der Waals surface area contributed by atoms with E-state index in [-0.39, 0.29) is 5.92 Å². The van der Waals surface area contributed by atoms with E-state index in [1.165, 1.54) is 0 Å². The monoisotopic (exact) mass is 327 g/mol. The molecule has 0 fully saturated rings. The molecule has 0 aromatic heterocycles. The molecule has 0 bridgehead atoms. The van der Waals surface area contributed by atoms with Crippen LogP contribution in [0.4, 0.5) is 10.5 Å². The summed E-state index contributed by atoms with van der Waals surface area (Å²) in [5.74, 6) is -1.47. The maximum atomic E-state index is 11.7. The summed E-state index contributed by atoms with van der Waals surface area (Å²) in [6, 6.07) is 5.46. The standard InChI is InChI=1S/C13H17BrN2O3/c1-3-8(2)11(12(17)18)16-13(19)15-10-6-4-5-9(14)7-10/h4-8,11H,3H2,1-2H3,(H,17,18)(H2,15,16,19)/p-1/t8-,11+/m1/s1. The zero-order valence-corrected chi connectivity index (χ0v) is 12.4. The molecule has 0 unspecified atom stereocenters. The molecule has 0 aliphatic heterocycles. The molecular weight excluding hydrogens is 312 g/mol. The highest BCUT2D eigenvalue weighted by Crippen LogP contribution is 2.15. The van der Waals surface area contributed by atoms with Crippen LogP contribution in [0, 0.1) is 5.92 Å². The fraction of sp³-hybridized carbons (Fsp3) is 0.385. The van der Waals surface area contributed by atoms with Gasteiger partial charge in [-0.25, -0.2) is 4.79 Å². The van der Waals surface area contributed by atoms with Crippen molar-refractivity contribution in [1.82, 2.24) is 5.32 Å². The molecule has 0 radical (unpaired) electrons.